The average Bonchev–Trinajstić information content (AvgIpc) is 3.37. The summed E-state index contributed by atoms with van der Waals surface area (Å²) >= 11 is 17.7. The highest BCUT2D eigenvalue weighted by molar-refractivity contribution is 9.11. The van der Waals surface area contributed by atoms with Gasteiger partial charge in [0.1, 0.15) is 0 Å². The molecule has 4 rings (SSSR count). The summed E-state index contributed by atoms with van der Waals surface area (Å²) in [6, 6.07) is 14.6. The molecule has 0 bridgehead atoms. The van der Waals surface area contributed by atoms with Crippen LogP contribution < -0.4 is 5.32 Å². The topological polar surface area (TPSA) is 59.8 Å². The number of halogens is 3. The van der Waals surface area contributed by atoms with Crippen molar-refractivity contribution in [3.05, 3.63) is 85.5 Å². The molecule has 0 aliphatic rings. The van der Waals surface area contributed by atoms with Crippen LogP contribution in [-0.2, 0) is 6.42 Å². The fraction of sp³-hybridized carbons (Fsp3) is 0.174. The van der Waals surface area contributed by atoms with Crippen LogP contribution in [0.5, 0.6) is 0 Å². The Balaban J connectivity index is 1.83. The molecule has 0 fully saturated rings. The van der Waals surface area contributed by atoms with Gasteiger partial charge in [-0.1, -0.05) is 36.2 Å². The maximum atomic E-state index is 13.3. The van der Waals surface area contributed by atoms with E-state index in [9.17, 15) is 4.79 Å². The van der Waals surface area contributed by atoms with E-state index >= 15 is 0 Å². The van der Waals surface area contributed by atoms with Crippen LogP contribution in [0.1, 0.15) is 41.6 Å². The molecule has 0 aliphatic heterocycles. The lowest BCUT2D eigenvalue weighted by atomic mass is 10.1. The van der Waals surface area contributed by atoms with Crippen LogP contribution in [0.3, 0.4) is 0 Å². The van der Waals surface area contributed by atoms with Crippen LogP contribution in [0.2, 0.25) is 10.0 Å². The Bertz CT molecular complexity index is 1270. The molecule has 0 saturated carbocycles. The molecule has 3 aromatic heterocycles. The highest BCUT2D eigenvalue weighted by Crippen LogP contribution is 2.38. The first kappa shape index (κ1) is 23.0. The van der Waals surface area contributed by atoms with Gasteiger partial charge < -0.3 is 5.32 Å². The second-order valence-corrected chi connectivity index (χ2v) is 10.4. The fourth-order valence-electron chi connectivity index (χ4n) is 3.46. The predicted molar refractivity (Wildman–Crippen MR) is 134 cm³/mol. The second kappa shape index (κ2) is 9.75. The van der Waals surface area contributed by atoms with Gasteiger partial charge in [-0.25, -0.2) is 4.68 Å². The van der Waals surface area contributed by atoms with E-state index < -0.39 is 0 Å². The Morgan fingerprint density at radius 3 is 2.66 bits per heavy atom. The summed E-state index contributed by atoms with van der Waals surface area (Å²) in [4.78, 5) is 18.6. The number of aromatic nitrogens is 3. The number of rotatable bonds is 6. The first-order chi connectivity index (χ1) is 15.4. The van der Waals surface area contributed by atoms with Gasteiger partial charge in [-0.05, 0) is 71.7 Å². The third kappa shape index (κ3) is 4.62. The molecule has 1 unspecified atom stereocenters. The molecule has 9 heteroatoms. The van der Waals surface area contributed by atoms with Crippen molar-refractivity contribution in [2.75, 3.05) is 0 Å². The molecule has 3 heterocycles. The minimum Gasteiger partial charge on any atom is -0.343 e. The minimum atomic E-state index is -0.267. The molecule has 0 saturated heterocycles. The SMILES string of the molecule is CCc1c(C(=O)NC(C)c2ccccn2)nn(-c2ccc(Cl)cc2Cl)c1-c1ccc(Br)s1. The molecule has 1 N–H and O–H groups in total. The van der Waals surface area contributed by atoms with Gasteiger partial charge in [0.25, 0.3) is 5.91 Å². The number of carbonyl (C=O) groups excluding carboxylic acids is 1. The zero-order valence-corrected chi connectivity index (χ0v) is 21.2. The first-order valence-electron chi connectivity index (χ1n) is 9.93. The lowest BCUT2D eigenvalue weighted by Gasteiger charge is -2.12. The molecule has 0 radical (unpaired) electrons. The molecular weight excluding hydrogens is 531 g/mol. The highest BCUT2D eigenvalue weighted by atomic mass is 79.9. The van der Waals surface area contributed by atoms with Crippen molar-refractivity contribution in [3.8, 4) is 16.3 Å². The molecule has 0 aliphatic carbocycles. The second-order valence-electron chi connectivity index (χ2n) is 7.09. The van der Waals surface area contributed by atoms with Crippen molar-refractivity contribution >= 4 is 56.4 Å². The summed E-state index contributed by atoms with van der Waals surface area (Å²) in [7, 11) is 0. The molecule has 1 amide bonds. The standard InChI is InChI=1S/C23H19BrCl2N4OS/c1-3-15-21(23(31)28-13(2)17-6-4-5-11-27-17)29-30(18-8-7-14(25)12-16(18)26)22(15)19-9-10-20(24)32-19/h4-13H,3H2,1-2H3,(H,28,31). The van der Waals surface area contributed by atoms with Gasteiger partial charge in [-0.15, -0.1) is 11.3 Å². The number of benzene rings is 1. The smallest absolute Gasteiger partial charge is 0.272 e. The van der Waals surface area contributed by atoms with Crippen LogP contribution in [0.4, 0.5) is 0 Å². The molecule has 1 atom stereocenters. The van der Waals surface area contributed by atoms with Crippen molar-refractivity contribution in [2.24, 2.45) is 0 Å². The molecule has 32 heavy (non-hydrogen) atoms. The molecule has 0 spiro atoms. The Kier molecular flexibility index (Phi) is 7.00. The Hall–Kier alpha value is -2.19. The average molecular weight is 550 g/mol. The first-order valence-corrected chi connectivity index (χ1v) is 12.3. The van der Waals surface area contributed by atoms with Crippen LogP contribution >= 0.6 is 50.5 Å². The molecule has 5 nitrogen and oxygen atoms in total. The van der Waals surface area contributed by atoms with E-state index in [0.29, 0.717) is 27.8 Å². The molecule has 164 valence electrons. The lowest BCUT2D eigenvalue weighted by molar-refractivity contribution is 0.0932. The van der Waals surface area contributed by atoms with Gasteiger partial charge in [0.2, 0.25) is 0 Å². The van der Waals surface area contributed by atoms with E-state index in [0.717, 1.165) is 25.6 Å². The van der Waals surface area contributed by atoms with Gasteiger partial charge in [0.05, 0.1) is 36.8 Å². The predicted octanol–water partition coefficient (Wildman–Crippen LogP) is 7.12. The monoisotopic (exact) mass is 548 g/mol. The van der Waals surface area contributed by atoms with Crippen LogP contribution in [-0.4, -0.2) is 20.7 Å². The van der Waals surface area contributed by atoms with Crippen molar-refractivity contribution in [3.63, 3.8) is 0 Å². The largest absolute Gasteiger partial charge is 0.343 e. The highest BCUT2D eigenvalue weighted by Gasteiger charge is 2.26. The summed E-state index contributed by atoms with van der Waals surface area (Å²) < 4.78 is 2.72. The number of pyridine rings is 1. The quantitative estimate of drug-likeness (QED) is 0.278. The fourth-order valence-corrected chi connectivity index (χ4v) is 5.39. The molecular formula is C23H19BrCl2N4OS. The number of nitrogens with one attached hydrogen (secondary N) is 1. The molecule has 1 aromatic carbocycles. The zero-order valence-electron chi connectivity index (χ0n) is 17.3. The van der Waals surface area contributed by atoms with Gasteiger partial charge in [-0.3, -0.25) is 9.78 Å². The van der Waals surface area contributed by atoms with Crippen LogP contribution in [0.25, 0.3) is 16.3 Å². The number of amides is 1. The van der Waals surface area contributed by atoms with E-state index in [-0.39, 0.29) is 11.9 Å². The van der Waals surface area contributed by atoms with Crippen LogP contribution in [0, 0.1) is 0 Å². The Labute approximate surface area is 208 Å². The van der Waals surface area contributed by atoms with Crippen LogP contribution in [0.15, 0.2) is 58.5 Å². The van der Waals surface area contributed by atoms with Gasteiger partial charge in [0, 0.05) is 16.8 Å². The normalized spacial score (nSPS) is 12.0. The van der Waals surface area contributed by atoms with Gasteiger partial charge in [0.15, 0.2) is 5.69 Å². The van der Waals surface area contributed by atoms with Crippen molar-refractivity contribution in [1.29, 1.82) is 0 Å². The van der Waals surface area contributed by atoms with Crippen molar-refractivity contribution < 1.29 is 4.79 Å². The molecule has 4 aromatic rings. The number of nitrogens with zero attached hydrogens (tertiary/aromatic N) is 3. The number of hydrogen-bond donors (Lipinski definition) is 1. The summed E-state index contributed by atoms with van der Waals surface area (Å²) in [6.45, 7) is 3.91. The summed E-state index contributed by atoms with van der Waals surface area (Å²) in [5.74, 6) is -0.263. The lowest BCUT2D eigenvalue weighted by Crippen LogP contribution is -2.28. The van der Waals surface area contributed by atoms with Crippen molar-refractivity contribution in [2.45, 2.75) is 26.3 Å². The summed E-state index contributed by atoms with van der Waals surface area (Å²) in [6.07, 6.45) is 2.33. The Morgan fingerprint density at radius 2 is 2.03 bits per heavy atom. The van der Waals surface area contributed by atoms with E-state index in [2.05, 4.69) is 26.2 Å². The number of thiophene rings is 1. The van der Waals surface area contributed by atoms with E-state index in [4.69, 9.17) is 28.3 Å². The van der Waals surface area contributed by atoms with Gasteiger partial charge in [-0.2, -0.15) is 5.10 Å². The van der Waals surface area contributed by atoms with E-state index in [1.165, 1.54) is 0 Å². The maximum absolute atomic E-state index is 13.3. The third-order valence-corrected chi connectivity index (χ3v) is 7.14. The summed E-state index contributed by atoms with van der Waals surface area (Å²) in [5, 5.41) is 8.73. The van der Waals surface area contributed by atoms with Gasteiger partial charge >= 0.3 is 0 Å². The maximum Gasteiger partial charge on any atom is 0.272 e. The number of hydrogen-bond acceptors (Lipinski definition) is 4. The third-order valence-electron chi connectivity index (χ3n) is 4.98. The zero-order chi connectivity index (χ0) is 22.8. The minimum absolute atomic E-state index is 0.263. The van der Waals surface area contributed by atoms with E-state index in [1.807, 2.05) is 50.2 Å². The van der Waals surface area contributed by atoms with Crippen molar-refractivity contribution in [1.82, 2.24) is 20.1 Å². The number of carbonyl (C=O) groups is 1. The summed E-state index contributed by atoms with van der Waals surface area (Å²) in [5.41, 5.74) is 3.48. The Morgan fingerprint density at radius 1 is 1.22 bits per heavy atom. The van der Waals surface area contributed by atoms with E-state index in [1.54, 1.807) is 34.3 Å².